The molecule has 0 bridgehead atoms. The molecule has 0 amide bonds. The molecular formula is C15H19BrFNO2. The van der Waals surface area contributed by atoms with Crippen LogP contribution in [-0.4, -0.2) is 29.1 Å². The molecule has 1 aliphatic rings. The van der Waals surface area contributed by atoms with Gasteiger partial charge in [-0.1, -0.05) is 15.9 Å². The van der Waals surface area contributed by atoms with E-state index in [1.807, 2.05) is 13.0 Å². The van der Waals surface area contributed by atoms with E-state index < -0.39 is 5.97 Å². The highest BCUT2D eigenvalue weighted by molar-refractivity contribution is 9.10. The second-order valence-electron chi connectivity index (χ2n) is 5.42. The first kappa shape index (κ1) is 15.4. The fourth-order valence-corrected chi connectivity index (χ4v) is 3.20. The summed E-state index contributed by atoms with van der Waals surface area (Å²) < 4.78 is 14.8. The number of benzene rings is 1. The van der Waals surface area contributed by atoms with Crippen LogP contribution in [-0.2, 0) is 4.79 Å². The zero-order chi connectivity index (χ0) is 14.7. The fourth-order valence-electron chi connectivity index (χ4n) is 2.82. The summed E-state index contributed by atoms with van der Waals surface area (Å²) in [4.78, 5) is 12.9. The Kier molecular flexibility index (Phi) is 5.16. The first-order valence-electron chi connectivity index (χ1n) is 6.88. The van der Waals surface area contributed by atoms with E-state index in [-0.39, 0.29) is 24.2 Å². The van der Waals surface area contributed by atoms with Crippen molar-refractivity contribution in [1.82, 2.24) is 4.90 Å². The summed E-state index contributed by atoms with van der Waals surface area (Å²) in [5.74, 6) is -0.661. The van der Waals surface area contributed by atoms with Crippen LogP contribution in [0.15, 0.2) is 22.7 Å². The van der Waals surface area contributed by atoms with Gasteiger partial charge in [-0.05, 0) is 57.0 Å². The van der Waals surface area contributed by atoms with E-state index in [0.717, 1.165) is 30.4 Å². The van der Waals surface area contributed by atoms with E-state index >= 15 is 0 Å². The lowest BCUT2D eigenvalue weighted by molar-refractivity contribution is -0.138. The number of likely N-dealkylation sites (tertiary alicyclic amines) is 1. The third kappa shape index (κ3) is 3.79. The van der Waals surface area contributed by atoms with Gasteiger partial charge in [0.15, 0.2) is 0 Å². The van der Waals surface area contributed by atoms with E-state index in [9.17, 15) is 9.18 Å². The van der Waals surface area contributed by atoms with Crippen molar-refractivity contribution in [3.63, 3.8) is 0 Å². The molecule has 0 radical (unpaired) electrons. The molecule has 1 heterocycles. The van der Waals surface area contributed by atoms with Gasteiger partial charge in [-0.3, -0.25) is 9.69 Å². The molecular weight excluding hydrogens is 325 g/mol. The van der Waals surface area contributed by atoms with Crippen LogP contribution in [0.5, 0.6) is 0 Å². The number of carbonyl (C=O) groups is 1. The first-order chi connectivity index (χ1) is 9.47. The Hall–Kier alpha value is -0.940. The monoisotopic (exact) mass is 343 g/mol. The maximum Gasteiger partial charge on any atom is 0.303 e. The van der Waals surface area contributed by atoms with Gasteiger partial charge in [0.25, 0.3) is 0 Å². The Bertz CT molecular complexity index is 487. The summed E-state index contributed by atoms with van der Waals surface area (Å²) in [5.41, 5.74) is 0.691. The van der Waals surface area contributed by atoms with Crippen molar-refractivity contribution in [3.8, 4) is 0 Å². The van der Waals surface area contributed by atoms with Gasteiger partial charge in [-0.2, -0.15) is 0 Å². The summed E-state index contributed by atoms with van der Waals surface area (Å²) in [5, 5.41) is 8.82. The second kappa shape index (κ2) is 6.68. The Morgan fingerprint density at radius 2 is 2.15 bits per heavy atom. The largest absolute Gasteiger partial charge is 0.481 e. The molecule has 1 fully saturated rings. The Morgan fingerprint density at radius 1 is 1.50 bits per heavy atom. The summed E-state index contributed by atoms with van der Waals surface area (Å²) in [7, 11) is 0. The molecule has 0 saturated carbocycles. The summed E-state index contributed by atoms with van der Waals surface area (Å²) in [6, 6.07) is 5.01. The number of nitrogens with zero attached hydrogens (tertiary/aromatic N) is 1. The molecule has 2 rings (SSSR count). The average molecular weight is 344 g/mol. The van der Waals surface area contributed by atoms with Crippen LogP contribution in [0.1, 0.15) is 37.8 Å². The molecule has 1 aromatic carbocycles. The molecule has 5 heteroatoms. The van der Waals surface area contributed by atoms with E-state index in [1.165, 1.54) is 6.07 Å². The molecule has 1 saturated heterocycles. The minimum absolute atomic E-state index is 0.0123. The van der Waals surface area contributed by atoms with Gasteiger partial charge in [0.05, 0.1) is 0 Å². The average Bonchev–Trinajstić information content (AvgIpc) is 2.41. The van der Waals surface area contributed by atoms with Crippen molar-refractivity contribution in [2.75, 3.05) is 13.1 Å². The smallest absolute Gasteiger partial charge is 0.303 e. The Labute approximate surface area is 126 Å². The fraction of sp³-hybridized carbons (Fsp3) is 0.533. The predicted octanol–water partition coefficient (Wildman–Crippen LogP) is 3.84. The standard InChI is InChI=1S/C15H19BrFNO2/c1-10(13-9-12(16)2-3-14(13)17)18-6-4-11(5-7-18)8-15(19)20/h2-3,9-11H,4-8H2,1H3,(H,19,20). The van der Waals surface area contributed by atoms with Crippen molar-refractivity contribution in [3.05, 3.63) is 34.1 Å². The van der Waals surface area contributed by atoms with Crippen LogP contribution >= 0.6 is 15.9 Å². The van der Waals surface area contributed by atoms with Crippen LogP contribution in [0.2, 0.25) is 0 Å². The first-order valence-corrected chi connectivity index (χ1v) is 7.67. The molecule has 0 aliphatic carbocycles. The van der Waals surface area contributed by atoms with Crippen molar-refractivity contribution < 1.29 is 14.3 Å². The van der Waals surface area contributed by atoms with Crippen molar-refractivity contribution in [2.24, 2.45) is 5.92 Å². The zero-order valence-corrected chi connectivity index (χ0v) is 13.1. The molecule has 20 heavy (non-hydrogen) atoms. The molecule has 3 nitrogen and oxygen atoms in total. The maximum absolute atomic E-state index is 13.9. The van der Waals surface area contributed by atoms with Crippen LogP contribution in [0.3, 0.4) is 0 Å². The van der Waals surface area contributed by atoms with Crippen LogP contribution in [0.25, 0.3) is 0 Å². The van der Waals surface area contributed by atoms with Crippen molar-refractivity contribution in [2.45, 2.75) is 32.2 Å². The van der Waals surface area contributed by atoms with Crippen molar-refractivity contribution >= 4 is 21.9 Å². The van der Waals surface area contributed by atoms with Gasteiger partial charge in [-0.15, -0.1) is 0 Å². The normalized spacial score (nSPS) is 18.9. The summed E-state index contributed by atoms with van der Waals surface area (Å²) >= 11 is 3.37. The van der Waals surface area contributed by atoms with Crippen molar-refractivity contribution in [1.29, 1.82) is 0 Å². The third-order valence-electron chi connectivity index (χ3n) is 4.07. The molecule has 1 atom stereocenters. The number of carboxylic acids is 1. The molecule has 0 spiro atoms. The highest BCUT2D eigenvalue weighted by Gasteiger charge is 2.26. The topological polar surface area (TPSA) is 40.5 Å². The lowest BCUT2D eigenvalue weighted by Crippen LogP contribution is -2.36. The SMILES string of the molecule is CC(c1cc(Br)ccc1F)N1CCC(CC(=O)O)CC1. The minimum atomic E-state index is -0.727. The number of rotatable bonds is 4. The number of carboxylic acid groups (broad SMARTS) is 1. The third-order valence-corrected chi connectivity index (χ3v) is 4.56. The maximum atomic E-state index is 13.9. The van der Waals surface area contributed by atoms with E-state index in [1.54, 1.807) is 6.07 Å². The molecule has 110 valence electrons. The van der Waals surface area contributed by atoms with E-state index in [4.69, 9.17) is 5.11 Å². The highest BCUT2D eigenvalue weighted by atomic mass is 79.9. The molecule has 1 aromatic rings. The van der Waals surface area contributed by atoms with Crippen LogP contribution in [0, 0.1) is 11.7 Å². The van der Waals surface area contributed by atoms with Gasteiger partial charge >= 0.3 is 5.97 Å². The number of hydrogen-bond acceptors (Lipinski definition) is 2. The number of aliphatic carboxylic acids is 1. The summed E-state index contributed by atoms with van der Waals surface area (Å²) in [6.45, 7) is 3.65. The van der Waals surface area contributed by atoms with E-state index in [0.29, 0.717) is 5.56 Å². The highest BCUT2D eigenvalue weighted by Crippen LogP contribution is 2.30. The molecule has 1 N–H and O–H groups in total. The number of halogens is 2. The minimum Gasteiger partial charge on any atom is -0.481 e. The predicted molar refractivity (Wildman–Crippen MR) is 79.1 cm³/mol. The number of piperidine rings is 1. The molecule has 0 aromatic heterocycles. The molecule has 1 aliphatic heterocycles. The Morgan fingerprint density at radius 3 is 2.75 bits per heavy atom. The van der Waals surface area contributed by atoms with Gasteiger partial charge < -0.3 is 5.11 Å². The van der Waals surface area contributed by atoms with E-state index in [2.05, 4.69) is 20.8 Å². The zero-order valence-electron chi connectivity index (χ0n) is 11.5. The second-order valence-corrected chi connectivity index (χ2v) is 6.33. The lowest BCUT2D eigenvalue weighted by Gasteiger charge is -2.36. The molecule has 1 unspecified atom stereocenters. The number of hydrogen-bond donors (Lipinski definition) is 1. The quantitative estimate of drug-likeness (QED) is 0.902. The van der Waals surface area contributed by atoms with Gasteiger partial charge in [0, 0.05) is 22.5 Å². The Balaban J connectivity index is 1.99. The summed E-state index contributed by atoms with van der Waals surface area (Å²) in [6.07, 6.45) is 1.98. The lowest BCUT2D eigenvalue weighted by atomic mass is 9.92. The van der Waals surface area contributed by atoms with Gasteiger partial charge in [0.2, 0.25) is 0 Å². The van der Waals surface area contributed by atoms with Crippen LogP contribution < -0.4 is 0 Å². The van der Waals surface area contributed by atoms with Crippen LogP contribution in [0.4, 0.5) is 4.39 Å². The van der Waals surface area contributed by atoms with Gasteiger partial charge in [0.1, 0.15) is 5.82 Å². The van der Waals surface area contributed by atoms with Gasteiger partial charge in [-0.25, -0.2) is 4.39 Å².